The maximum absolute atomic E-state index is 13.3. The van der Waals surface area contributed by atoms with Gasteiger partial charge in [0.25, 0.3) is 5.91 Å². The molecule has 0 aliphatic carbocycles. The molecule has 0 spiro atoms. The number of piperidine rings is 1. The van der Waals surface area contributed by atoms with Crippen LogP contribution in [0.1, 0.15) is 49.0 Å². The number of hydrogen-bond donors (Lipinski definition) is 0. The van der Waals surface area contributed by atoms with Gasteiger partial charge in [0.1, 0.15) is 0 Å². The zero-order valence-corrected chi connectivity index (χ0v) is 20.5. The summed E-state index contributed by atoms with van der Waals surface area (Å²) in [6.07, 6.45) is 6.52. The van der Waals surface area contributed by atoms with Crippen molar-refractivity contribution >= 4 is 34.2 Å². The van der Waals surface area contributed by atoms with Crippen molar-refractivity contribution in [2.45, 2.75) is 45.7 Å². The fourth-order valence-electron chi connectivity index (χ4n) is 5.07. The normalized spacial score (nSPS) is 23.9. The highest BCUT2D eigenvalue weighted by molar-refractivity contribution is 7.89. The van der Waals surface area contributed by atoms with Gasteiger partial charge in [0.05, 0.1) is 23.9 Å². The van der Waals surface area contributed by atoms with Gasteiger partial charge in [-0.3, -0.25) is 14.5 Å². The van der Waals surface area contributed by atoms with E-state index < -0.39 is 27.9 Å². The Morgan fingerprint density at radius 3 is 2.28 bits per heavy atom. The Labute approximate surface area is 196 Å². The Morgan fingerprint density at radius 2 is 1.72 bits per heavy atom. The second-order valence-corrected chi connectivity index (χ2v) is 11.0. The average Bonchev–Trinajstić information content (AvgIpc) is 3.24. The molecule has 176 valence electrons. The first-order valence-electron chi connectivity index (χ1n) is 11.0. The maximum Gasteiger partial charge on any atom is 0.254 e. The average molecular weight is 482 g/mol. The number of carbonyl (C=O) groups is 2. The number of likely N-dealkylation sites (tertiary alicyclic amines) is 1. The van der Waals surface area contributed by atoms with Gasteiger partial charge in [0, 0.05) is 18.7 Å². The van der Waals surface area contributed by atoms with E-state index in [0.29, 0.717) is 17.8 Å². The van der Waals surface area contributed by atoms with Crippen LogP contribution in [0.5, 0.6) is 0 Å². The van der Waals surface area contributed by atoms with Crippen molar-refractivity contribution in [3.63, 3.8) is 0 Å². The van der Waals surface area contributed by atoms with Crippen molar-refractivity contribution in [1.82, 2.24) is 14.1 Å². The lowest BCUT2D eigenvalue weighted by atomic mass is 9.89. The highest BCUT2D eigenvalue weighted by Gasteiger charge is 2.54. The van der Waals surface area contributed by atoms with Crippen LogP contribution in [0.4, 0.5) is 0 Å². The minimum atomic E-state index is -3.73. The predicted octanol–water partition coefficient (Wildman–Crippen LogP) is 2.88. The molecule has 2 atom stereocenters. The van der Waals surface area contributed by atoms with Crippen LogP contribution in [0.25, 0.3) is 0 Å². The summed E-state index contributed by atoms with van der Waals surface area (Å²) in [5.74, 6) is -1.27. The summed E-state index contributed by atoms with van der Waals surface area (Å²) in [6, 6.07) is 7.14. The van der Waals surface area contributed by atoms with Crippen LogP contribution in [0, 0.1) is 11.8 Å². The number of hydrogen-bond acceptors (Lipinski definition) is 5. The van der Waals surface area contributed by atoms with E-state index in [9.17, 15) is 18.0 Å². The summed E-state index contributed by atoms with van der Waals surface area (Å²) < 4.78 is 25.4. The van der Waals surface area contributed by atoms with Crippen molar-refractivity contribution in [3.8, 4) is 0 Å². The van der Waals surface area contributed by atoms with Gasteiger partial charge in [0.15, 0.2) is 0 Å². The SMILES string of the molecule is CC(C)[C@H]1C(=O)N(S(C)(=O)=O)C2=CCN(C(=O)c3ccc(CN4CCCCC4)cc3)[C@@H]21.Cl. The third kappa shape index (κ3) is 4.58. The molecule has 2 saturated heterocycles. The summed E-state index contributed by atoms with van der Waals surface area (Å²) in [6.45, 7) is 7.21. The number of halogens is 1. The quantitative estimate of drug-likeness (QED) is 0.646. The number of nitrogens with zero attached hydrogens (tertiary/aromatic N) is 3. The zero-order chi connectivity index (χ0) is 22.3. The van der Waals surface area contributed by atoms with Gasteiger partial charge >= 0.3 is 0 Å². The molecule has 3 heterocycles. The standard InChI is InChI=1S/C23H31N3O4S.ClH/c1-16(2)20-21-19(26(23(20)28)31(3,29)30)11-14-25(21)22(27)18-9-7-17(8-10-18)15-24-12-5-4-6-13-24;/h7-11,16,20-21H,4-6,12-15H2,1-3H3;1H/t20-,21+;/m1./s1. The zero-order valence-electron chi connectivity index (χ0n) is 18.9. The molecule has 0 bridgehead atoms. The Hall–Kier alpha value is -1.90. The van der Waals surface area contributed by atoms with Gasteiger partial charge in [-0.2, -0.15) is 0 Å². The van der Waals surface area contributed by atoms with Crippen LogP contribution in [0.15, 0.2) is 36.0 Å². The first-order chi connectivity index (χ1) is 14.7. The summed E-state index contributed by atoms with van der Waals surface area (Å²) in [7, 11) is -3.73. The molecule has 9 heteroatoms. The van der Waals surface area contributed by atoms with Gasteiger partial charge in [-0.15, -0.1) is 12.4 Å². The lowest BCUT2D eigenvalue weighted by Gasteiger charge is -2.29. The van der Waals surface area contributed by atoms with Crippen LogP contribution < -0.4 is 0 Å². The van der Waals surface area contributed by atoms with Crippen LogP contribution in [-0.2, 0) is 21.4 Å². The molecule has 32 heavy (non-hydrogen) atoms. The summed E-state index contributed by atoms with van der Waals surface area (Å²) in [4.78, 5) is 30.3. The number of amides is 2. The molecule has 0 aromatic heterocycles. The molecular formula is C23H32ClN3O4S. The molecule has 2 fully saturated rings. The van der Waals surface area contributed by atoms with Crippen molar-refractivity contribution in [2.75, 3.05) is 25.9 Å². The van der Waals surface area contributed by atoms with Gasteiger partial charge in [-0.05, 0) is 55.6 Å². The fraction of sp³-hybridized carbons (Fsp3) is 0.565. The van der Waals surface area contributed by atoms with Crippen LogP contribution >= 0.6 is 12.4 Å². The van der Waals surface area contributed by atoms with E-state index in [1.807, 2.05) is 38.1 Å². The molecule has 1 aromatic rings. The van der Waals surface area contributed by atoms with E-state index in [0.717, 1.165) is 30.2 Å². The highest BCUT2D eigenvalue weighted by atomic mass is 35.5. The molecule has 0 N–H and O–H groups in total. The van der Waals surface area contributed by atoms with Crippen LogP contribution in [0.3, 0.4) is 0 Å². The first-order valence-corrected chi connectivity index (χ1v) is 12.9. The predicted molar refractivity (Wildman–Crippen MR) is 126 cm³/mol. The van der Waals surface area contributed by atoms with E-state index in [4.69, 9.17) is 0 Å². The van der Waals surface area contributed by atoms with Crippen LogP contribution in [-0.4, -0.2) is 66.3 Å². The minimum absolute atomic E-state index is 0. The maximum atomic E-state index is 13.3. The second kappa shape index (κ2) is 9.53. The summed E-state index contributed by atoms with van der Waals surface area (Å²) in [5, 5.41) is 0. The molecule has 0 radical (unpaired) electrons. The fourth-order valence-corrected chi connectivity index (χ4v) is 6.09. The second-order valence-electron chi connectivity index (χ2n) is 9.20. The van der Waals surface area contributed by atoms with Crippen molar-refractivity contribution < 1.29 is 18.0 Å². The van der Waals surface area contributed by atoms with E-state index in [1.165, 1.54) is 24.8 Å². The third-order valence-electron chi connectivity index (χ3n) is 6.56. The number of carbonyl (C=O) groups excluding carboxylic acids is 2. The van der Waals surface area contributed by atoms with E-state index in [1.54, 1.807) is 11.0 Å². The lowest BCUT2D eigenvalue weighted by molar-refractivity contribution is -0.128. The molecule has 0 unspecified atom stereocenters. The van der Waals surface area contributed by atoms with Crippen molar-refractivity contribution in [3.05, 3.63) is 47.2 Å². The monoisotopic (exact) mass is 481 g/mol. The molecule has 4 rings (SSSR count). The molecule has 7 nitrogen and oxygen atoms in total. The van der Waals surface area contributed by atoms with Crippen molar-refractivity contribution in [1.29, 1.82) is 0 Å². The molecule has 3 aliphatic heterocycles. The van der Waals surface area contributed by atoms with Gasteiger partial charge in [-0.1, -0.05) is 32.4 Å². The topological polar surface area (TPSA) is 78.0 Å². The number of fused-ring (bicyclic) bond motifs is 1. The summed E-state index contributed by atoms with van der Waals surface area (Å²) in [5.41, 5.74) is 2.16. The third-order valence-corrected chi connectivity index (χ3v) is 7.62. The smallest absolute Gasteiger partial charge is 0.254 e. The Kier molecular flexibility index (Phi) is 7.37. The Bertz CT molecular complexity index is 1000. The molecule has 3 aliphatic rings. The largest absolute Gasteiger partial charge is 0.325 e. The first kappa shape index (κ1) is 24.7. The molecule has 1 aromatic carbocycles. The van der Waals surface area contributed by atoms with E-state index in [-0.39, 0.29) is 24.2 Å². The van der Waals surface area contributed by atoms with Gasteiger partial charge in [-0.25, -0.2) is 12.7 Å². The van der Waals surface area contributed by atoms with Gasteiger partial charge in [0.2, 0.25) is 15.9 Å². The minimum Gasteiger partial charge on any atom is -0.325 e. The number of rotatable bonds is 5. The molecule has 0 saturated carbocycles. The number of sulfonamides is 1. The Balaban J connectivity index is 0.00000289. The lowest BCUT2D eigenvalue weighted by Crippen LogP contribution is -2.43. The molecular weight excluding hydrogens is 450 g/mol. The van der Waals surface area contributed by atoms with Crippen LogP contribution in [0.2, 0.25) is 0 Å². The van der Waals surface area contributed by atoms with E-state index >= 15 is 0 Å². The van der Waals surface area contributed by atoms with E-state index in [2.05, 4.69) is 4.90 Å². The number of benzene rings is 1. The van der Waals surface area contributed by atoms with Crippen molar-refractivity contribution in [2.24, 2.45) is 11.8 Å². The summed E-state index contributed by atoms with van der Waals surface area (Å²) >= 11 is 0. The Morgan fingerprint density at radius 1 is 1.09 bits per heavy atom. The molecule has 2 amide bonds. The highest BCUT2D eigenvalue weighted by Crippen LogP contribution is 2.41. The van der Waals surface area contributed by atoms with Gasteiger partial charge < -0.3 is 4.90 Å².